The lowest BCUT2D eigenvalue weighted by Gasteiger charge is -2.26. The van der Waals surface area contributed by atoms with Gasteiger partial charge in [0.1, 0.15) is 25.6 Å². The highest BCUT2D eigenvalue weighted by Gasteiger charge is 2.26. The van der Waals surface area contributed by atoms with E-state index < -0.39 is 10.0 Å². The van der Waals surface area contributed by atoms with Crippen LogP contribution in [0.3, 0.4) is 0 Å². The molecule has 0 saturated carbocycles. The number of fused-ring (bicyclic) bond motifs is 2. The van der Waals surface area contributed by atoms with Crippen LogP contribution >= 0.6 is 0 Å². The molecule has 1 atom stereocenters. The van der Waals surface area contributed by atoms with E-state index in [1.54, 1.807) is 6.07 Å². The highest BCUT2D eigenvalue weighted by atomic mass is 32.2. The molecule has 2 aliphatic rings. The van der Waals surface area contributed by atoms with Crippen molar-refractivity contribution < 1.29 is 22.6 Å². The van der Waals surface area contributed by atoms with Crippen LogP contribution < -0.4 is 18.9 Å². The van der Waals surface area contributed by atoms with Gasteiger partial charge in [-0.2, -0.15) is 0 Å². The molecule has 0 aliphatic carbocycles. The lowest BCUT2D eigenvalue weighted by molar-refractivity contribution is 0.171. The predicted octanol–water partition coefficient (Wildman–Crippen LogP) is 1.74. The maximum atomic E-state index is 12.6. The smallest absolute Gasteiger partial charge is 0.241 e. The number of nitrogens with one attached hydrogen (secondary N) is 1. The Bertz CT molecular complexity index is 865. The minimum absolute atomic E-state index is 0.158. The molecule has 0 saturated heterocycles. The molecule has 6 nitrogen and oxygen atoms in total. The Morgan fingerprint density at radius 1 is 0.917 bits per heavy atom. The average molecular weight is 347 g/mol. The first-order chi connectivity index (χ1) is 11.6. The summed E-state index contributed by atoms with van der Waals surface area (Å²) in [6, 6.07) is 12.0. The van der Waals surface area contributed by atoms with Crippen LogP contribution in [-0.4, -0.2) is 34.3 Å². The summed E-state index contributed by atoms with van der Waals surface area (Å²) in [7, 11) is -3.66. The second kappa shape index (κ2) is 5.99. The van der Waals surface area contributed by atoms with E-state index in [-0.39, 0.29) is 10.9 Å². The van der Waals surface area contributed by atoms with Gasteiger partial charge in [0.15, 0.2) is 11.5 Å². The zero-order valence-corrected chi connectivity index (χ0v) is 13.7. The summed E-state index contributed by atoms with van der Waals surface area (Å²) in [6.45, 7) is 1.19. The van der Waals surface area contributed by atoms with Crippen molar-refractivity contribution in [2.24, 2.45) is 0 Å². The Morgan fingerprint density at radius 3 is 2.58 bits per heavy atom. The molecule has 1 unspecified atom stereocenters. The van der Waals surface area contributed by atoms with E-state index in [2.05, 4.69) is 4.72 Å². The second-order valence-corrected chi connectivity index (χ2v) is 7.46. The second-order valence-electron chi connectivity index (χ2n) is 5.75. The quantitative estimate of drug-likeness (QED) is 0.915. The predicted molar refractivity (Wildman–Crippen MR) is 87.2 cm³/mol. The summed E-state index contributed by atoms with van der Waals surface area (Å²) in [6.07, 6.45) is 0.597. The molecule has 4 rings (SSSR count). The van der Waals surface area contributed by atoms with Crippen molar-refractivity contribution in [2.75, 3.05) is 19.8 Å². The highest BCUT2D eigenvalue weighted by molar-refractivity contribution is 7.89. The molecular formula is C17H17NO5S. The Labute approximate surface area is 140 Å². The molecule has 1 N–H and O–H groups in total. The summed E-state index contributed by atoms with van der Waals surface area (Å²) in [5, 5.41) is 0. The topological polar surface area (TPSA) is 73.9 Å². The van der Waals surface area contributed by atoms with Crippen LogP contribution in [0, 0.1) is 0 Å². The van der Waals surface area contributed by atoms with E-state index in [0.717, 1.165) is 11.3 Å². The van der Waals surface area contributed by atoms with Gasteiger partial charge in [-0.05, 0) is 30.2 Å². The van der Waals surface area contributed by atoms with Crippen molar-refractivity contribution in [1.29, 1.82) is 0 Å². The van der Waals surface area contributed by atoms with E-state index in [9.17, 15) is 8.42 Å². The van der Waals surface area contributed by atoms with Gasteiger partial charge < -0.3 is 14.2 Å². The molecular weight excluding hydrogens is 330 g/mol. The Kier molecular flexibility index (Phi) is 3.82. The first kappa shape index (κ1) is 15.3. The van der Waals surface area contributed by atoms with Gasteiger partial charge in [-0.3, -0.25) is 0 Å². The zero-order valence-electron chi connectivity index (χ0n) is 12.9. The van der Waals surface area contributed by atoms with Gasteiger partial charge in [0.2, 0.25) is 10.0 Å². The molecule has 2 heterocycles. The van der Waals surface area contributed by atoms with Crippen LogP contribution in [0.4, 0.5) is 0 Å². The van der Waals surface area contributed by atoms with E-state index in [1.807, 2.05) is 24.3 Å². The van der Waals surface area contributed by atoms with E-state index >= 15 is 0 Å². The average Bonchev–Trinajstić information content (AvgIpc) is 2.61. The summed E-state index contributed by atoms with van der Waals surface area (Å²) >= 11 is 0. The SMILES string of the molecule is O=S(=O)(NC1COc2ccccc2C1)c1ccc2c(c1)OCCO2. The molecule has 24 heavy (non-hydrogen) atoms. The number of benzene rings is 2. The lowest BCUT2D eigenvalue weighted by atomic mass is 10.0. The fourth-order valence-corrected chi connectivity index (χ4v) is 4.12. The molecule has 7 heteroatoms. The van der Waals surface area contributed by atoms with Crippen molar-refractivity contribution >= 4 is 10.0 Å². The molecule has 2 aromatic rings. The minimum Gasteiger partial charge on any atom is -0.492 e. The third kappa shape index (κ3) is 2.92. The number of rotatable bonds is 3. The third-order valence-electron chi connectivity index (χ3n) is 4.02. The van der Waals surface area contributed by atoms with Crippen molar-refractivity contribution in [3.63, 3.8) is 0 Å². The Balaban J connectivity index is 1.54. The first-order valence-electron chi connectivity index (χ1n) is 7.74. The van der Waals surface area contributed by atoms with Crippen LogP contribution in [-0.2, 0) is 16.4 Å². The van der Waals surface area contributed by atoms with Crippen LogP contribution in [0.25, 0.3) is 0 Å². The maximum Gasteiger partial charge on any atom is 0.241 e. The van der Waals surface area contributed by atoms with Gasteiger partial charge in [0.05, 0.1) is 10.9 Å². The lowest BCUT2D eigenvalue weighted by Crippen LogP contribution is -2.42. The van der Waals surface area contributed by atoms with Gasteiger partial charge >= 0.3 is 0 Å². The van der Waals surface area contributed by atoms with Crippen molar-refractivity contribution in [1.82, 2.24) is 4.72 Å². The monoisotopic (exact) mass is 347 g/mol. The summed E-state index contributed by atoms with van der Waals surface area (Å²) in [4.78, 5) is 0.158. The molecule has 0 amide bonds. The standard InChI is InChI=1S/C17H17NO5S/c19-24(20,14-5-6-16-17(10-14)22-8-7-21-16)18-13-9-12-3-1-2-4-15(12)23-11-13/h1-6,10,13,18H,7-9,11H2. The summed E-state index contributed by atoms with van der Waals surface area (Å²) < 4.78 is 44.5. The summed E-state index contributed by atoms with van der Waals surface area (Å²) in [5.74, 6) is 1.83. The fourth-order valence-electron chi connectivity index (χ4n) is 2.88. The van der Waals surface area contributed by atoms with E-state index in [4.69, 9.17) is 14.2 Å². The van der Waals surface area contributed by atoms with Crippen molar-refractivity contribution in [2.45, 2.75) is 17.4 Å². The molecule has 0 fully saturated rings. The third-order valence-corrected chi connectivity index (χ3v) is 5.54. The zero-order chi connectivity index (χ0) is 16.6. The van der Waals surface area contributed by atoms with Gasteiger partial charge in [0, 0.05) is 6.07 Å². The van der Waals surface area contributed by atoms with Crippen LogP contribution in [0.15, 0.2) is 47.4 Å². The Morgan fingerprint density at radius 2 is 1.71 bits per heavy atom. The van der Waals surface area contributed by atoms with Gasteiger partial charge in [-0.15, -0.1) is 0 Å². The molecule has 0 bridgehead atoms. The normalized spacial score (nSPS) is 19.2. The number of sulfonamides is 1. The fraction of sp³-hybridized carbons (Fsp3) is 0.294. The van der Waals surface area contributed by atoms with Crippen LogP contribution in [0.5, 0.6) is 17.2 Å². The number of para-hydroxylation sites is 1. The van der Waals surface area contributed by atoms with E-state index in [1.165, 1.54) is 12.1 Å². The van der Waals surface area contributed by atoms with Gasteiger partial charge in [-0.1, -0.05) is 18.2 Å². The van der Waals surface area contributed by atoms with Crippen molar-refractivity contribution in [3.8, 4) is 17.2 Å². The summed E-state index contributed by atoms with van der Waals surface area (Å²) in [5.41, 5.74) is 0.999. The molecule has 126 valence electrons. The van der Waals surface area contributed by atoms with Gasteiger partial charge in [-0.25, -0.2) is 13.1 Å². The van der Waals surface area contributed by atoms with Gasteiger partial charge in [0.25, 0.3) is 0 Å². The molecule has 2 aliphatic heterocycles. The van der Waals surface area contributed by atoms with Crippen LogP contribution in [0.2, 0.25) is 0 Å². The number of hydrogen-bond acceptors (Lipinski definition) is 5. The molecule has 0 aromatic heterocycles. The van der Waals surface area contributed by atoms with Crippen LogP contribution in [0.1, 0.15) is 5.56 Å². The highest BCUT2D eigenvalue weighted by Crippen LogP contribution is 2.32. The molecule has 0 radical (unpaired) electrons. The minimum atomic E-state index is -3.66. The van der Waals surface area contributed by atoms with Crippen molar-refractivity contribution in [3.05, 3.63) is 48.0 Å². The number of ether oxygens (including phenoxy) is 3. The molecule has 2 aromatic carbocycles. The maximum absolute atomic E-state index is 12.6. The largest absolute Gasteiger partial charge is 0.492 e. The number of hydrogen-bond donors (Lipinski definition) is 1. The molecule has 0 spiro atoms. The first-order valence-corrected chi connectivity index (χ1v) is 9.23. The Hall–Kier alpha value is -2.25. The van der Waals surface area contributed by atoms with E-state index in [0.29, 0.717) is 37.7 Å².